The lowest BCUT2D eigenvalue weighted by molar-refractivity contribution is 1.22. The summed E-state index contributed by atoms with van der Waals surface area (Å²) >= 11 is 9.21. The summed E-state index contributed by atoms with van der Waals surface area (Å²) in [7, 11) is 0. The third kappa shape index (κ3) is 3.41. The van der Waals surface area contributed by atoms with E-state index < -0.39 is 0 Å². The first-order valence-electron chi connectivity index (χ1n) is 3.93. The van der Waals surface area contributed by atoms with Crippen LogP contribution in [0.3, 0.4) is 0 Å². The van der Waals surface area contributed by atoms with Gasteiger partial charge in [-0.3, -0.25) is 0 Å². The quantitative estimate of drug-likeness (QED) is 0.807. The van der Waals surface area contributed by atoms with Gasteiger partial charge in [-0.2, -0.15) is 0 Å². The van der Waals surface area contributed by atoms with Crippen LogP contribution in [0.1, 0.15) is 6.92 Å². The molecule has 0 aliphatic rings. The van der Waals surface area contributed by atoms with Crippen molar-refractivity contribution in [2.24, 2.45) is 0 Å². The van der Waals surface area contributed by atoms with Crippen molar-refractivity contribution >= 4 is 33.2 Å². The van der Waals surface area contributed by atoms with Gasteiger partial charge < -0.3 is 5.32 Å². The van der Waals surface area contributed by atoms with Gasteiger partial charge in [0.15, 0.2) is 0 Å². The molecule has 0 heterocycles. The minimum atomic E-state index is 0.723. The third-order valence-corrected chi connectivity index (χ3v) is 2.73. The van der Waals surface area contributed by atoms with E-state index in [4.69, 9.17) is 11.6 Å². The summed E-state index contributed by atoms with van der Waals surface area (Å²) in [5, 5.41) is 3.95. The fourth-order valence-corrected chi connectivity index (χ4v) is 1.36. The normalized spacial score (nSPS) is 9.77. The summed E-state index contributed by atoms with van der Waals surface area (Å²) in [5.41, 5.74) is 2.14. The van der Waals surface area contributed by atoms with E-state index in [-0.39, 0.29) is 0 Å². The van der Waals surface area contributed by atoms with Crippen LogP contribution in [0.4, 0.5) is 5.69 Å². The zero-order valence-electron chi connectivity index (χ0n) is 7.40. The first-order chi connectivity index (χ1) is 6.09. The van der Waals surface area contributed by atoms with Crippen molar-refractivity contribution in [2.75, 3.05) is 11.9 Å². The average molecular weight is 261 g/mol. The Morgan fingerprint density at radius 2 is 2.31 bits per heavy atom. The van der Waals surface area contributed by atoms with Gasteiger partial charge in [-0.1, -0.05) is 23.8 Å². The van der Waals surface area contributed by atoms with Crippen LogP contribution in [0.15, 0.2) is 34.8 Å². The molecule has 0 bridgehead atoms. The predicted octanol–water partition coefficient (Wildman–Crippen LogP) is 4.09. The Labute approximate surface area is 91.9 Å². The molecule has 0 unspecified atom stereocenters. The molecular formula is C10H11BrClN. The zero-order valence-corrected chi connectivity index (χ0v) is 9.74. The van der Waals surface area contributed by atoms with Crippen LogP contribution >= 0.6 is 27.5 Å². The second-order valence-electron chi connectivity index (χ2n) is 2.94. The topological polar surface area (TPSA) is 12.0 Å². The molecule has 1 rings (SSSR count). The van der Waals surface area contributed by atoms with E-state index in [9.17, 15) is 0 Å². The molecule has 1 aromatic carbocycles. The summed E-state index contributed by atoms with van der Waals surface area (Å²) in [5.74, 6) is 0. The maximum atomic E-state index is 5.85. The highest BCUT2D eigenvalue weighted by Crippen LogP contribution is 2.25. The second kappa shape index (κ2) is 4.68. The van der Waals surface area contributed by atoms with E-state index in [1.54, 1.807) is 0 Å². The van der Waals surface area contributed by atoms with Crippen LogP contribution in [-0.2, 0) is 0 Å². The number of benzene rings is 1. The van der Waals surface area contributed by atoms with Gasteiger partial charge in [0.05, 0.1) is 5.02 Å². The van der Waals surface area contributed by atoms with Crippen molar-refractivity contribution < 1.29 is 0 Å². The minimum absolute atomic E-state index is 0.723. The molecule has 70 valence electrons. The van der Waals surface area contributed by atoms with Gasteiger partial charge in [0.1, 0.15) is 0 Å². The summed E-state index contributed by atoms with van der Waals surface area (Å²) in [6.45, 7) is 6.58. The number of nitrogens with one attached hydrogen (secondary N) is 1. The van der Waals surface area contributed by atoms with E-state index in [2.05, 4.69) is 27.8 Å². The lowest BCUT2D eigenvalue weighted by Gasteiger charge is -2.06. The lowest BCUT2D eigenvalue weighted by Crippen LogP contribution is -2.01. The minimum Gasteiger partial charge on any atom is -0.381 e. The Balaban J connectivity index is 2.68. The van der Waals surface area contributed by atoms with Gasteiger partial charge in [-0.15, -0.1) is 0 Å². The molecule has 13 heavy (non-hydrogen) atoms. The predicted molar refractivity (Wildman–Crippen MR) is 62.5 cm³/mol. The van der Waals surface area contributed by atoms with Crippen LogP contribution in [0.25, 0.3) is 0 Å². The Morgan fingerprint density at radius 1 is 1.62 bits per heavy atom. The van der Waals surface area contributed by atoms with E-state index in [0.717, 1.165) is 27.3 Å². The Hall–Kier alpha value is -0.470. The smallest absolute Gasteiger partial charge is 0.0549 e. The van der Waals surface area contributed by atoms with Gasteiger partial charge in [0.2, 0.25) is 0 Å². The van der Waals surface area contributed by atoms with Gasteiger partial charge in [0.25, 0.3) is 0 Å². The van der Waals surface area contributed by atoms with Crippen molar-refractivity contribution in [2.45, 2.75) is 6.92 Å². The SMILES string of the molecule is C=C(C)CNc1ccc(Cl)c(Br)c1. The molecule has 0 radical (unpaired) electrons. The number of halogens is 2. The molecule has 1 N–H and O–H groups in total. The molecule has 0 aliphatic heterocycles. The summed E-state index contributed by atoms with van der Waals surface area (Å²) in [6, 6.07) is 5.74. The van der Waals surface area contributed by atoms with Crippen molar-refractivity contribution in [1.82, 2.24) is 0 Å². The number of anilines is 1. The van der Waals surface area contributed by atoms with Crippen molar-refractivity contribution in [3.05, 3.63) is 39.8 Å². The molecular weight excluding hydrogens is 249 g/mol. The van der Waals surface area contributed by atoms with Crippen LogP contribution in [0.5, 0.6) is 0 Å². The monoisotopic (exact) mass is 259 g/mol. The first kappa shape index (κ1) is 10.6. The van der Waals surface area contributed by atoms with E-state index in [1.165, 1.54) is 0 Å². The Morgan fingerprint density at radius 3 is 2.85 bits per heavy atom. The largest absolute Gasteiger partial charge is 0.381 e. The van der Waals surface area contributed by atoms with Crippen molar-refractivity contribution in [3.8, 4) is 0 Å². The Kier molecular flexibility index (Phi) is 3.82. The molecule has 1 aromatic rings. The maximum Gasteiger partial charge on any atom is 0.0549 e. The van der Waals surface area contributed by atoms with Crippen LogP contribution in [0.2, 0.25) is 5.02 Å². The average Bonchev–Trinajstić information content (AvgIpc) is 2.07. The van der Waals surface area contributed by atoms with E-state index in [1.807, 2.05) is 25.1 Å². The fraction of sp³-hybridized carbons (Fsp3) is 0.200. The van der Waals surface area contributed by atoms with Gasteiger partial charge in [0, 0.05) is 16.7 Å². The number of hydrogen-bond donors (Lipinski definition) is 1. The lowest BCUT2D eigenvalue weighted by atomic mass is 10.3. The zero-order chi connectivity index (χ0) is 9.84. The van der Waals surface area contributed by atoms with Gasteiger partial charge in [-0.05, 0) is 41.1 Å². The molecule has 0 atom stereocenters. The maximum absolute atomic E-state index is 5.85. The summed E-state index contributed by atoms with van der Waals surface area (Å²) < 4.78 is 0.904. The Bertz CT molecular complexity index is 323. The van der Waals surface area contributed by atoms with E-state index in [0.29, 0.717) is 0 Å². The van der Waals surface area contributed by atoms with Crippen LogP contribution in [0, 0.1) is 0 Å². The van der Waals surface area contributed by atoms with Crippen LogP contribution in [-0.4, -0.2) is 6.54 Å². The first-order valence-corrected chi connectivity index (χ1v) is 5.10. The summed E-state index contributed by atoms with van der Waals surface area (Å²) in [4.78, 5) is 0. The standard InChI is InChI=1S/C10H11BrClN/c1-7(2)6-13-8-3-4-10(12)9(11)5-8/h3-5,13H,1,6H2,2H3. The van der Waals surface area contributed by atoms with Crippen LogP contribution < -0.4 is 5.32 Å². The van der Waals surface area contributed by atoms with Crippen molar-refractivity contribution in [3.63, 3.8) is 0 Å². The molecule has 0 saturated carbocycles. The highest BCUT2D eigenvalue weighted by molar-refractivity contribution is 9.10. The number of rotatable bonds is 3. The van der Waals surface area contributed by atoms with Crippen molar-refractivity contribution in [1.29, 1.82) is 0 Å². The molecule has 0 saturated heterocycles. The molecule has 0 aromatic heterocycles. The molecule has 0 aliphatic carbocycles. The molecule has 1 nitrogen and oxygen atoms in total. The highest BCUT2D eigenvalue weighted by Gasteiger charge is 1.97. The molecule has 0 fully saturated rings. The number of hydrogen-bond acceptors (Lipinski definition) is 1. The molecule has 0 amide bonds. The third-order valence-electron chi connectivity index (χ3n) is 1.51. The molecule has 0 spiro atoms. The van der Waals surface area contributed by atoms with E-state index >= 15 is 0 Å². The highest BCUT2D eigenvalue weighted by atomic mass is 79.9. The fourth-order valence-electron chi connectivity index (χ4n) is 0.859. The molecule has 3 heteroatoms. The van der Waals surface area contributed by atoms with Gasteiger partial charge in [-0.25, -0.2) is 0 Å². The second-order valence-corrected chi connectivity index (χ2v) is 4.20. The summed E-state index contributed by atoms with van der Waals surface area (Å²) in [6.07, 6.45) is 0. The van der Waals surface area contributed by atoms with Gasteiger partial charge >= 0.3 is 0 Å².